The Morgan fingerprint density at radius 3 is 2.14 bits per heavy atom. The van der Waals surface area contributed by atoms with Gasteiger partial charge in [0, 0.05) is 12.5 Å². The molecule has 0 atom stereocenters. The van der Waals surface area contributed by atoms with E-state index in [0.29, 0.717) is 6.42 Å². The zero-order valence-electron chi connectivity index (χ0n) is 8.32. The van der Waals surface area contributed by atoms with Gasteiger partial charge in [-0.25, -0.2) is 4.79 Å². The number of aliphatic carboxylic acids is 2. The van der Waals surface area contributed by atoms with Gasteiger partial charge in [-0.3, -0.25) is 4.79 Å². The molecule has 0 amide bonds. The van der Waals surface area contributed by atoms with Crippen molar-refractivity contribution < 1.29 is 19.8 Å². The number of carboxylic acid groups (broad SMARTS) is 2. The summed E-state index contributed by atoms with van der Waals surface area (Å²) in [5.41, 5.74) is 0.827. The van der Waals surface area contributed by atoms with Crippen molar-refractivity contribution in [1.82, 2.24) is 0 Å². The molecule has 0 spiro atoms. The monoisotopic (exact) mass is 200 g/mol. The average molecular weight is 200 g/mol. The second-order valence-electron chi connectivity index (χ2n) is 3.28. The summed E-state index contributed by atoms with van der Waals surface area (Å²) in [7, 11) is 0. The first-order valence-electron chi connectivity index (χ1n) is 4.64. The van der Waals surface area contributed by atoms with Crippen LogP contribution in [0.1, 0.15) is 39.0 Å². The van der Waals surface area contributed by atoms with Crippen molar-refractivity contribution in [3.05, 3.63) is 11.6 Å². The molecule has 0 aromatic rings. The summed E-state index contributed by atoms with van der Waals surface area (Å²) in [4.78, 5) is 20.4. The van der Waals surface area contributed by atoms with E-state index in [4.69, 9.17) is 10.2 Å². The number of carboxylic acids is 2. The highest BCUT2D eigenvalue weighted by molar-refractivity contribution is 5.80. The molecule has 2 N–H and O–H groups in total. The summed E-state index contributed by atoms with van der Waals surface area (Å²) in [6.45, 7) is 1.77. The van der Waals surface area contributed by atoms with Crippen molar-refractivity contribution in [2.24, 2.45) is 0 Å². The Balaban J connectivity index is 3.45. The van der Waals surface area contributed by atoms with Gasteiger partial charge in [-0.15, -0.1) is 0 Å². The van der Waals surface area contributed by atoms with E-state index >= 15 is 0 Å². The highest BCUT2D eigenvalue weighted by atomic mass is 16.4. The lowest BCUT2D eigenvalue weighted by atomic mass is 10.1. The molecule has 0 radical (unpaired) electrons. The summed E-state index contributed by atoms with van der Waals surface area (Å²) < 4.78 is 0. The second kappa shape index (κ2) is 7.12. The minimum absolute atomic E-state index is 0.196. The van der Waals surface area contributed by atoms with Crippen LogP contribution in [0, 0.1) is 0 Å². The molecular formula is C10H16O4. The van der Waals surface area contributed by atoms with Crippen molar-refractivity contribution >= 4 is 11.9 Å². The molecule has 0 saturated carbocycles. The lowest BCUT2D eigenvalue weighted by Crippen LogP contribution is -1.94. The molecule has 0 rings (SSSR count). The van der Waals surface area contributed by atoms with Crippen LogP contribution in [0.3, 0.4) is 0 Å². The van der Waals surface area contributed by atoms with Crippen LogP contribution in [0.25, 0.3) is 0 Å². The van der Waals surface area contributed by atoms with E-state index in [1.807, 2.05) is 0 Å². The Morgan fingerprint density at radius 2 is 1.64 bits per heavy atom. The summed E-state index contributed by atoms with van der Waals surface area (Å²) in [6.07, 6.45) is 4.46. The van der Waals surface area contributed by atoms with Gasteiger partial charge < -0.3 is 10.2 Å². The predicted molar refractivity (Wildman–Crippen MR) is 52.1 cm³/mol. The van der Waals surface area contributed by atoms with Gasteiger partial charge in [-0.2, -0.15) is 0 Å². The number of rotatable bonds is 7. The van der Waals surface area contributed by atoms with Crippen LogP contribution in [0.15, 0.2) is 11.6 Å². The van der Waals surface area contributed by atoms with Gasteiger partial charge in [0.15, 0.2) is 0 Å². The number of carbonyl (C=O) groups is 2. The Morgan fingerprint density at radius 1 is 1.07 bits per heavy atom. The van der Waals surface area contributed by atoms with Crippen molar-refractivity contribution in [2.75, 3.05) is 0 Å². The molecule has 0 aromatic heterocycles. The van der Waals surface area contributed by atoms with Gasteiger partial charge in [0.1, 0.15) is 0 Å². The Bertz CT molecular complexity index is 230. The van der Waals surface area contributed by atoms with Crippen LogP contribution in [0.2, 0.25) is 0 Å². The predicted octanol–water partition coefficient (Wildman–Crippen LogP) is 2.05. The molecule has 0 aliphatic heterocycles. The van der Waals surface area contributed by atoms with Crippen molar-refractivity contribution in [1.29, 1.82) is 0 Å². The topological polar surface area (TPSA) is 74.6 Å². The van der Waals surface area contributed by atoms with Gasteiger partial charge in [0.05, 0.1) is 0 Å². The van der Waals surface area contributed by atoms with Crippen molar-refractivity contribution in [3.8, 4) is 0 Å². The molecule has 14 heavy (non-hydrogen) atoms. The molecule has 4 heteroatoms. The zero-order chi connectivity index (χ0) is 11.0. The largest absolute Gasteiger partial charge is 0.481 e. The van der Waals surface area contributed by atoms with E-state index in [0.717, 1.165) is 24.8 Å². The van der Waals surface area contributed by atoms with Crippen LogP contribution in [-0.2, 0) is 9.59 Å². The number of hydrogen-bond acceptors (Lipinski definition) is 2. The first kappa shape index (κ1) is 12.7. The second-order valence-corrected chi connectivity index (χ2v) is 3.28. The van der Waals surface area contributed by atoms with Crippen LogP contribution in [0.4, 0.5) is 0 Å². The van der Waals surface area contributed by atoms with E-state index in [2.05, 4.69) is 0 Å². The van der Waals surface area contributed by atoms with Gasteiger partial charge in [-0.1, -0.05) is 12.0 Å². The number of allylic oxidation sites excluding steroid dienone is 1. The quantitative estimate of drug-likeness (QED) is 0.487. The van der Waals surface area contributed by atoms with Crippen molar-refractivity contribution in [3.63, 3.8) is 0 Å². The van der Waals surface area contributed by atoms with Gasteiger partial charge in [0.2, 0.25) is 0 Å². The number of unbranched alkanes of at least 4 members (excludes halogenated alkanes) is 2. The maximum Gasteiger partial charge on any atom is 0.328 e. The molecule has 0 fully saturated rings. The van der Waals surface area contributed by atoms with Crippen LogP contribution < -0.4 is 0 Å². The lowest BCUT2D eigenvalue weighted by molar-refractivity contribution is -0.137. The SMILES string of the molecule is CC(=CC(=O)O)CCCCCC(=O)O. The third-order valence-electron chi connectivity index (χ3n) is 1.83. The molecular weight excluding hydrogens is 184 g/mol. The smallest absolute Gasteiger partial charge is 0.328 e. The molecule has 0 saturated heterocycles. The summed E-state index contributed by atoms with van der Waals surface area (Å²) in [5.74, 6) is -1.70. The minimum Gasteiger partial charge on any atom is -0.481 e. The van der Waals surface area contributed by atoms with Crippen LogP contribution in [0.5, 0.6) is 0 Å². The van der Waals surface area contributed by atoms with Gasteiger partial charge >= 0.3 is 11.9 Å². The minimum atomic E-state index is -0.923. The van der Waals surface area contributed by atoms with Crippen LogP contribution in [-0.4, -0.2) is 22.2 Å². The van der Waals surface area contributed by atoms with Crippen LogP contribution >= 0.6 is 0 Å². The molecule has 0 heterocycles. The first-order valence-corrected chi connectivity index (χ1v) is 4.64. The fourth-order valence-electron chi connectivity index (χ4n) is 1.14. The summed E-state index contributed by atoms with van der Waals surface area (Å²) in [6, 6.07) is 0. The maximum atomic E-state index is 10.2. The molecule has 0 unspecified atom stereocenters. The third-order valence-corrected chi connectivity index (χ3v) is 1.83. The zero-order valence-corrected chi connectivity index (χ0v) is 8.32. The van der Waals surface area contributed by atoms with E-state index in [1.165, 1.54) is 6.08 Å². The molecule has 0 aliphatic carbocycles. The maximum absolute atomic E-state index is 10.2. The molecule has 0 aliphatic rings. The highest BCUT2D eigenvalue weighted by Gasteiger charge is 1.98. The molecule has 80 valence electrons. The van der Waals surface area contributed by atoms with Crippen molar-refractivity contribution in [2.45, 2.75) is 39.0 Å². The Kier molecular flexibility index (Phi) is 6.45. The highest BCUT2D eigenvalue weighted by Crippen LogP contribution is 2.09. The number of hydrogen-bond donors (Lipinski definition) is 2. The average Bonchev–Trinajstić information content (AvgIpc) is 2.01. The molecule has 0 aromatic carbocycles. The molecule has 0 bridgehead atoms. The molecule has 4 nitrogen and oxygen atoms in total. The third kappa shape index (κ3) is 8.77. The lowest BCUT2D eigenvalue weighted by Gasteiger charge is -1.99. The normalized spacial score (nSPS) is 11.4. The van der Waals surface area contributed by atoms with E-state index < -0.39 is 11.9 Å². The summed E-state index contributed by atoms with van der Waals surface area (Å²) in [5, 5.41) is 16.8. The van der Waals surface area contributed by atoms with E-state index in [9.17, 15) is 9.59 Å². The van der Waals surface area contributed by atoms with E-state index in [1.54, 1.807) is 6.92 Å². The first-order chi connectivity index (χ1) is 6.52. The summed E-state index contributed by atoms with van der Waals surface area (Å²) >= 11 is 0. The Labute approximate surface area is 83.2 Å². The van der Waals surface area contributed by atoms with E-state index in [-0.39, 0.29) is 6.42 Å². The fraction of sp³-hybridized carbons (Fsp3) is 0.600. The fourth-order valence-corrected chi connectivity index (χ4v) is 1.14. The van der Waals surface area contributed by atoms with Gasteiger partial charge in [-0.05, 0) is 26.2 Å². The Hall–Kier alpha value is -1.32. The standard InChI is InChI=1S/C10H16O4/c1-8(7-10(13)14)5-3-2-4-6-9(11)12/h7H,2-6H2,1H3,(H,11,12)(H,13,14). The van der Waals surface area contributed by atoms with Gasteiger partial charge in [0.25, 0.3) is 0 Å².